The Morgan fingerprint density at radius 1 is 1.69 bits per heavy atom. The number of aromatic nitrogens is 2. The maximum Gasteiger partial charge on any atom is 0.269 e. The Morgan fingerprint density at radius 3 is 2.94 bits per heavy atom. The third kappa shape index (κ3) is 3.73. The SMILES string of the molecule is CC(C)C[C@@H](CC#N)NC(=O)c1cnc[nH]1. The summed E-state index contributed by atoms with van der Waals surface area (Å²) in [6, 6.07) is 1.99. The molecule has 0 unspecified atom stereocenters. The van der Waals surface area contributed by atoms with E-state index in [2.05, 4.69) is 35.2 Å². The first-order valence-corrected chi connectivity index (χ1v) is 5.29. The van der Waals surface area contributed by atoms with Crippen LogP contribution in [0, 0.1) is 17.2 Å². The molecule has 0 radical (unpaired) electrons. The summed E-state index contributed by atoms with van der Waals surface area (Å²) in [6.45, 7) is 4.12. The molecule has 1 atom stereocenters. The Morgan fingerprint density at radius 2 is 2.44 bits per heavy atom. The van der Waals surface area contributed by atoms with Crippen molar-refractivity contribution in [3.05, 3.63) is 18.2 Å². The number of aromatic amines is 1. The number of carbonyl (C=O) groups excluding carboxylic acids is 1. The quantitative estimate of drug-likeness (QED) is 0.788. The molecule has 5 heteroatoms. The van der Waals surface area contributed by atoms with Crippen molar-refractivity contribution >= 4 is 5.91 Å². The second-order valence-electron chi connectivity index (χ2n) is 4.13. The van der Waals surface area contributed by atoms with Gasteiger partial charge >= 0.3 is 0 Å². The Kier molecular flexibility index (Phi) is 4.52. The second-order valence-corrected chi connectivity index (χ2v) is 4.13. The van der Waals surface area contributed by atoms with Crippen LogP contribution >= 0.6 is 0 Å². The highest BCUT2D eigenvalue weighted by Crippen LogP contribution is 2.08. The predicted octanol–water partition coefficient (Wildman–Crippen LogP) is 1.47. The highest BCUT2D eigenvalue weighted by atomic mass is 16.1. The number of nitrogens with zero attached hydrogens (tertiary/aromatic N) is 2. The number of amides is 1. The van der Waals surface area contributed by atoms with E-state index in [4.69, 9.17) is 5.26 Å². The van der Waals surface area contributed by atoms with Gasteiger partial charge in [-0.05, 0) is 12.3 Å². The van der Waals surface area contributed by atoms with Crippen molar-refractivity contribution in [3.8, 4) is 6.07 Å². The molecule has 5 nitrogen and oxygen atoms in total. The molecule has 0 saturated carbocycles. The fourth-order valence-electron chi connectivity index (χ4n) is 1.52. The average molecular weight is 220 g/mol. The van der Waals surface area contributed by atoms with Crippen LogP contribution in [0.3, 0.4) is 0 Å². The van der Waals surface area contributed by atoms with Crippen molar-refractivity contribution in [1.29, 1.82) is 5.26 Å². The monoisotopic (exact) mass is 220 g/mol. The first-order valence-electron chi connectivity index (χ1n) is 5.29. The van der Waals surface area contributed by atoms with E-state index in [1.54, 1.807) is 0 Å². The minimum Gasteiger partial charge on any atom is -0.347 e. The van der Waals surface area contributed by atoms with Crippen LogP contribution in [0.2, 0.25) is 0 Å². The lowest BCUT2D eigenvalue weighted by atomic mass is 10.0. The van der Waals surface area contributed by atoms with Gasteiger partial charge in [0.25, 0.3) is 5.91 Å². The smallest absolute Gasteiger partial charge is 0.269 e. The summed E-state index contributed by atoms with van der Waals surface area (Å²) in [6.07, 6.45) is 4.05. The number of hydrogen-bond donors (Lipinski definition) is 2. The molecule has 0 aliphatic carbocycles. The highest BCUT2D eigenvalue weighted by Gasteiger charge is 2.15. The number of nitrogens with one attached hydrogen (secondary N) is 2. The van der Waals surface area contributed by atoms with Gasteiger partial charge in [0.2, 0.25) is 0 Å². The molecule has 2 N–H and O–H groups in total. The van der Waals surface area contributed by atoms with Gasteiger partial charge in [-0.25, -0.2) is 4.98 Å². The maximum absolute atomic E-state index is 11.7. The molecule has 0 spiro atoms. The Labute approximate surface area is 94.9 Å². The third-order valence-corrected chi connectivity index (χ3v) is 2.17. The van der Waals surface area contributed by atoms with E-state index in [0.29, 0.717) is 18.0 Å². The van der Waals surface area contributed by atoms with E-state index in [1.807, 2.05) is 0 Å². The fourth-order valence-corrected chi connectivity index (χ4v) is 1.52. The van der Waals surface area contributed by atoms with Gasteiger partial charge in [0, 0.05) is 6.04 Å². The fraction of sp³-hybridized carbons (Fsp3) is 0.545. The number of rotatable bonds is 5. The molecular weight excluding hydrogens is 204 g/mol. The molecule has 1 heterocycles. The number of imidazole rings is 1. The zero-order valence-electron chi connectivity index (χ0n) is 9.53. The van der Waals surface area contributed by atoms with Gasteiger partial charge in [0.05, 0.1) is 25.0 Å². The number of carbonyl (C=O) groups is 1. The topological polar surface area (TPSA) is 81.6 Å². The van der Waals surface area contributed by atoms with Gasteiger partial charge in [-0.2, -0.15) is 5.26 Å². The van der Waals surface area contributed by atoms with Gasteiger partial charge in [-0.3, -0.25) is 4.79 Å². The van der Waals surface area contributed by atoms with E-state index in [0.717, 1.165) is 6.42 Å². The Balaban J connectivity index is 2.55. The molecule has 0 aromatic carbocycles. The van der Waals surface area contributed by atoms with Crippen molar-refractivity contribution in [2.75, 3.05) is 0 Å². The Bertz CT molecular complexity index is 364. The minimum atomic E-state index is -0.210. The van der Waals surface area contributed by atoms with Gasteiger partial charge in [0.15, 0.2) is 0 Å². The highest BCUT2D eigenvalue weighted by molar-refractivity contribution is 5.92. The summed E-state index contributed by atoms with van der Waals surface area (Å²) < 4.78 is 0. The summed E-state index contributed by atoms with van der Waals surface area (Å²) in [4.78, 5) is 18.2. The van der Waals surface area contributed by atoms with Crippen LogP contribution in [0.1, 0.15) is 37.2 Å². The van der Waals surface area contributed by atoms with E-state index < -0.39 is 0 Å². The summed E-state index contributed by atoms with van der Waals surface area (Å²) in [7, 11) is 0. The lowest BCUT2D eigenvalue weighted by Gasteiger charge is -2.17. The van der Waals surface area contributed by atoms with Crippen LogP contribution in [0.5, 0.6) is 0 Å². The summed E-state index contributed by atoms with van der Waals surface area (Å²) in [5.74, 6) is 0.235. The second kappa shape index (κ2) is 5.91. The van der Waals surface area contributed by atoms with Crippen LogP contribution in [0.25, 0.3) is 0 Å². The maximum atomic E-state index is 11.7. The number of H-pyrrole nitrogens is 1. The lowest BCUT2D eigenvalue weighted by molar-refractivity contribution is 0.0928. The Hall–Kier alpha value is -1.83. The van der Waals surface area contributed by atoms with Crippen LogP contribution in [-0.4, -0.2) is 21.9 Å². The first-order chi connectivity index (χ1) is 7.63. The molecule has 0 saturated heterocycles. The third-order valence-electron chi connectivity index (χ3n) is 2.17. The van der Waals surface area contributed by atoms with Crippen LogP contribution in [0.4, 0.5) is 0 Å². The minimum absolute atomic E-state index is 0.0965. The molecule has 86 valence electrons. The van der Waals surface area contributed by atoms with E-state index >= 15 is 0 Å². The zero-order valence-corrected chi connectivity index (χ0v) is 9.53. The first kappa shape index (κ1) is 12.2. The van der Waals surface area contributed by atoms with Crippen molar-refractivity contribution in [3.63, 3.8) is 0 Å². The van der Waals surface area contributed by atoms with Crippen molar-refractivity contribution < 1.29 is 4.79 Å². The molecule has 0 fully saturated rings. The summed E-state index contributed by atoms with van der Waals surface area (Å²) in [5, 5.41) is 11.5. The van der Waals surface area contributed by atoms with Crippen LogP contribution < -0.4 is 5.32 Å². The van der Waals surface area contributed by atoms with Gasteiger partial charge in [-0.15, -0.1) is 0 Å². The normalized spacial score (nSPS) is 12.1. The van der Waals surface area contributed by atoms with Crippen LogP contribution in [0.15, 0.2) is 12.5 Å². The average Bonchev–Trinajstić information content (AvgIpc) is 2.69. The van der Waals surface area contributed by atoms with Gasteiger partial charge in [-0.1, -0.05) is 13.8 Å². The number of nitriles is 1. The molecule has 1 amide bonds. The van der Waals surface area contributed by atoms with Crippen molar-refractivity contribution in [2.24, 2.45) is 5.92 Å². The molecule has 0 bridgehead atoms. The predicted molar refractivity (Wildman–Crippen MR) is 59.5 cm³/mol. The molecule has 16 heavy (non-hydrogen) atoms. The van der Waals surface area contributed by atoms with E-state index in [1.165, 1.54) is 12.5 Å². The molecule has 0 aliphatic rings. The van der Waals surface area contributed by atoms with Gasteiger partial charge in [0.1, 0.15) is 5.69 Å². The van der Waals surface area contributed by atoms with Crippen molar-refractivity contribution in [1.82, 2.24) is 15.3 Å². The van der Waals surface area contributed by atoms with Gasteiger partial charge < -0.3 is 10.3 Å². The standard InChI is InChI=1S/C11H16N4O/c1-8(2)5-9(3-4-12)15-11(16)10-6-13-7-14-10/h6-9H,3,5H2,1-2H3,(H,13,14)(H,15,16)/t9-/m1/s1. The van der Waals surface area contributed by atoms with Crippen molar-refractivity contribution in [2.45, 2.75) is 32.7 Å². The van der Waals surface area contributed by atoms with Crippen LogP contribution in [-0.2, 0) is 0 Å². The molecule has 1 aromatic heterocycles. The molecule has 0 aliphatic heterocycles. The summed E-state index contributed by atoms with van der Waals surface area (Å²) >= 11 is 0. The van der Waals surface area contributed by atoms with E-state index in [-0.39, 0.29) is 11.9 Å². The zero-order chi connectivity index (χ0) is 12.0. The van der Waals surface area contributed by atoms with E-state index in [9.17, 15) is 4.79 Å². The molecule has 1 aromatic rings. The molecule has 1 rings (SSSR count). The number of hydrogen-bond acceptors (Lipinski definition) is 3. The summed E-state index contributed by atoms with van der Waals surface area (Å²) in [5.41, 5.74) is 0.423. The lowest BCUT2D eigenvalue weighted by Crippen LogP contribution is -2.35. The largest absolute Gasteiger partial charge is 0.347 e. The molecular formula is C11H16N4O.